The molecule has 1 aromatic heterocycles. The standard InChI is InChI=1S/C13H9ClO4/c1-17-13(16)8-2-4-10(11(14)6-8)12-5-3-9(7-15)18-12/h2-7H,1H3. The lowest BCUT2D eigenvalue weighted by molar-refractivity contribution is 0.0600. The van der Waals surface area contributed by atoms with E-state index in [1.807, 2.05) is 0 Å². The van der Waals surface area contributed by atoms with Gasteiger partial charge in [-0.05, 0) is 30.3 Å². The fourth-order valence-electron chi connectivity index (χ4n) is 1.52. The van der Waals surface area contributed by atoms with Gasteiger partial charge in [0.2, 0.25) is 0 Å². The molecule has 0 amide bonds. The molecular weight excluding hydrogens is 256 g/mol. The molecule has 0 aliphatic carbocycles. The highest BCUT2D eigenvalue weighted by Gasteiger charge is 2.12. The third-order valence-electron chi connectivity index (χ3n) is 2.40. The lowest BCUT2D eigenvalue weighted by Crippen LogP contribution is -2.00. The first kappa shape index (κ1) is 12.4. The number of ether oxygens (including phenoxy) is 1. The summed E-state index contributed by atoms with van der Waals surface area (Å²) in [5, 5.41) is 0.352. The summed E-state index contributed by atoms with van der Waals surface area (Å²) in [5.74, 6) is 0.230. The van der Waals surface area contributed by atoms with Crippen molar-refractivity contribution in [3.8, 4) is 11.3 Å². The van der Waals surface area contributed by atoms with Gasteiger partial charge in [-0.2, -0.15) is 0 Å². The lowest BCUT2D eigenvalue weighted by atomic mass is 10.1. The van der Waals surface area contributed by atoms with Gasteiger partial charge >= 0.3 is 5.97 Å². The fourth-order valence-corrected chi connectivity index (χ4v) is 1.79. The fraction of sp³-hybridized carbons (Fsp3) is 0.0769. The van der Waals surface area contributed by atoms with Crippen molar-refractivity contribution in [1.29, 1.82) is 0 Å². The van der Waals surface area contributed by atoms with Gasteiger partial charge in [-0.1, -0.05) is 11.6 Å². The Morgan fingerprint density at radius 3 is 2.67 bits per heavy atom. The molecule has 0 saturated heterocycles. The van der Waals surface area contributed by atoms with E-state index in [9.17, 15) is 9.59 Å². The van der Waals surface area contributed by atoms with E-state index in [1.165, 1.54) is 13.2 Å². The van der Waals surface area contributed by atoms with Gasteiger partial charge in [0, 0.05) is 5.56 Å². The molecule has 92 valence electrons. The number of hydrogen-bond acceptors (Lipinski definition) is 4. The Morgan fingerprint density at radius 1 is 1.33 bits per heavy atom. The van der Waals surface area contributed by atoms with E-state index in [4.69, 9.17) is 16.0 Å². The molecule has 2 aromatic rings. The second kappa shape index (κ2) is 5.06. The highest BCUT2D eigenvalue weighted by molar-refractivity contribution is 6.33. The number of aldehydes is 1. The SMILES string of the molecule is COC(=O)c1ccc(-c2ccc(C=O)o2)c(Cl)c1. The quantitative estimate of drug-likeness (QED) is 0.631. The summed E-state index contributed by atoms with van der Waals surface area (Å²) >= 11 is 6.06. The second-order valence-electron chi connectivity index (χ2n) is 3.51. The molecule has 1 heterocycles. The summed E-state index contributed by atoms with van der Waals surface area (Å²) in [4.78, 5) is 21.8. The van der Waals surface area contributed by atoms with Crippen LogP contribution in [0.5, 0.6) is 0 Å². The number of carbonyl (C=O) groups is 2. The summed E-state index contributed by atoms with van der Waals surface area (Å²) < 4.78 is 9.85. The average Bonchev–Trinajstić information content (AvgIpc) is 2.86. The Kier molecular flexibility index (Phi) is 3.48. The Hall–Kier alpha value is -2.07. The van der Waals surface area contributed by atoms with Gasteiger partial charge in [-0.25, -0.2) is 4.79 Å². The van der Waals surface area contributed by atoms with Crippen molar-refractivity contribution in [1.82, 2.24) is 0 Å². The minimum Gasteiger partial charge on any atom is -0.465 e. The maximum atomic E-state index is 11.3. The molecule has 1 aromatic carbocycles. The van der Waals surface area contributed by atoms with Crippen LogP contribution in [0.1, 0.15) is 20.9 Å². The van der Waals surface area contributed by atoms with Crippen LogP contribution in [-0.2, 0) is 4.74 Å². The van der Waals surface area contributed by atoms with Crippen LogP contribution in [0.2, 0.25) is 5.02 Å². The molecule has 0 unspecified atom stereocenters. The van der Waals surface area contributed by atoms with Gasteiger partial charge in [0.05, 0.1) is 17.7 Å². The molecule has 0 atom stereocenters. The molecule has 0 bridgehead atoms. The zero-order valence-electron chi connectivity index (χ0n) is 9.48. The van der Waals surface area contributed by atoms with E-state index < -0.39 is 5.97 Å². The predicted molar refractivity (Wildman–Crippen MR) is 65.9 cm³/mol. The molecule has 18 heavy (non-hydrogen) atoms. The number of benzene rings is 1. The third kappa shape index (κ3) is 2.28. The van der Waals surface area contributed by atoms with E-state index >= 15 is 0 Å². The van der Waals surface area contributed by atoms with Crippen LogP contribution < -0.4 is 0 Å². The predicted octanol–water partition coefficient (Wildman–Crippen LogP) is 3.20. The molecule has 4 nitrogen and oxygen atoms in total. The molecule has 0 fully saturated rings. The number of carbonyl (C=O) groups excluding carboxylic acids is 2. The molecule has 0 radical (unpaired) electrons. The number of esters is 1. The van der Waals surface area contributed by atoms with Gasteiger partial charge < -0.3 is 9.15 Å². The van der Waals surface area contributed by atoms with Crippen molar-refractivity contribution in [3.05, 3.63) is 46.7 Å². The van der Waals surface area contributed by atoms with Crippen LogP contribution in [0.15, 0.2) is 34.7 Å². The van der Waals surface area contributed by atoms with Crippen molar-refractivity contribution in [3.63, 3.8) is 0 Å². The molecule has 0 aliphatic rings. The van der Waals surface area contributed by atoms with Gasteiger partial charge in [0.15, 0.2) is 12.0 Å². The van der Waals surface area contributed by atoms with Gasteiger partial charge in [0.25, 0.3) is 0 Å². The van der Waals surface area contributed by atoms with Crippen LogP contribution in [0, 0.1) is 0 Å². The topological polar surface area (TPSA) is 56.5 Å². The average molecular weight is 265 g/mol. The molecule has 0 saturated carbocycles. The normalized spacial score (nSPS) is 10.1. The zero-order chi connectivity index (χ0) is 13.1. The first-order chi connectivity index (χ1) is 8.65. The monoisotopic (exact) mass is 264 g/mol. The van der Waals surface area contributed by atoms with Gasteiger partial charge in [-0.3, -0.25) is 4.79 Å². The van der Waals surface area contributed by atoms with Gasteiger partial charge in [-0.15, -0.1) is 0 Å². The smallest absolute Gasteiger partial charge is 0.337 e. The Labute approximate surface area is 108 Å². The molecular formula is C13H9ClO4. The number of methoxy groups -OCH3 is 1. The van der Waals surface area contributed by atoms with Crippen LogP contribution >= 0.6 is 11.6 Å². The minimum absolute atomic E-state index is 0.220. The van der Waals surface area contributed by atoms with Crippen molar-refractivity contribution in [2.45, 2.75) is 0 Å². The molecule has 0 spiro atoms. The van der Waals surface area contributed by atoms with Crippen LogP contribution in [-0.4, -0.2) is 19.4 Å². The Morgan fingerprint density at radius 2 is 2.11 bits per heavy atom. The van der Waals surface area contributed by atoms with E-state index in [0.717, 1.165) is 0 Å². The Balaban J connectivity index is 2.40. The molecule has 0 N–H and O–H groups in total. The second-order valence-corrected chi connectivity index (χ2v) is 3.91. The maximum Gasteiger partial charge on any atom is 0.337 e. The Bertz CT molecular complexity index is 601. The molecule has 0 aliphatic heterocycles. The van der Waals surface area contributed by atoms with Crippen molar-refractivity contribution in [2.75, 3.05) is 7.11 Å². The highest BCUT2D eigenvalue weighted by atomic mass is 35.5. The molecule has 2 rings (SSSR count). The van der Waals surface area contributed by atoms with E-state index in [0.29, 0.717) is 28.2 Å². The summed E-state index contributed by atoms with van der Waals surface area (Å²) in [5.41, 5.74) is 0.964. The van der Waals surface area contributed by atoms with E-state index in [2.05, 4.69) is 4.74 Å². The van der Waals surface area contributed by atoms with Gasteiger partial charge in [0.1, 0.15) is 5.76 Å². The largest absolute Gasteiger partial charge is 0.465 e. The number of hydrogen-bond donors (Lipinski definition) is 0. The van der Waals surface area contributed by atoms with Crippen molar-refractivity contribution in [2.24, 2.45) is 0 Å². The highest BCUT2D eigenvalue weighted by Crippen LogP contribution is 2.30. The van der Waals surface area contributed by atoms with Crippen molar-refractivity contribution >= 4 is 23.9 Å². The van der Waals surface area contributed by atoms with Crippen LogP contribution in [0.25, 0.3) is 11.3 Å². The summed E-state index contributed by atoms with van der Waals surface area (Å²) in [6, 6.07) is 7.90. The maximum absolute atomic E-state index is 11.3. The number of rotatable bonds is 3. The van der Waals surface area contributed by atoms with Crippen molar-refractivity contribution < 1.29 is 18.7 Å². The van der Waals surface area contributed by atoms with Crippen LogP contribution in [0.4, 0.5) is 0 Å². The summed E-state index contributed by atoms with van der Waals surface area (Å²) in [6.07, 6.45) is 0.611. The number of furan rings is 1. The lowest BCUT2D eigenvalue weighted by Gasteiger charge is -2.03. The summed E-state index contributed by atoms with van der Waals surface area (Å²) in [6.45, 7) is 0. The molecule has 5 heteroatoms. The zero-order valence-corrected chi connectivity index (χ0v) is 10.2. The minimum atomic E-state index is -0.462. The first-order valence-electron chi connectivity index (χ1n) is 5.09. The third-order valence-corrected chi connectivity index (χ3v) is 2.71. The van der Waals surface area contributed by atoms with E-state index in [1.54, 1.807) is 24.3 Å². The van der Waals surface area contributed by atoms with Crippen LogP contribution in [0.3, 0.4) is 0 Å². The number of halogens is 1. The summed E-state index contributed by atoms with van der Waals surface area (Å²) in [7, 11) is 1.30. The van der Waals surface area contributed by atoms with E-state index in [-0.39, 0.29) is 5.76 Å². The first-order valence-corrected chi connectivity index (χ1v) is 5.46.